The van der Waals surface area contributed by atoms with Gasteiger partial charge < -0.3 is 10.5 Å². The molecular formula is C11H15N5O3. The molecule has 2 rings (SSSR count). The summed E-state index contributed by atoms with van der Waals surface area (Å²) in [5.74, 6) is -0.185. The van der Waals surface area contributed by atoms with E-state index in [4.69, 9.17) is 10.5 Å². The van der Waals surface area contributed by atoms with Crippen LogP contribution in [0.1, 0.15) is 20.8 Å². The Morgan fingerprint density at radius 1 is 1.37 bits per heavy atom. The van der Waals surface area contributed by atoms with Crippen molar-refractivity contribution in [1.82, 2.24) is 18.9 Å². The van der Waals surface area contributed by atoms with Crippen LogP contribution in [0.3, 0.4) is 0 Å². The van der Waals surface area contributed by atoms with Crippen molar-refractivity contribution in [3.63, 3.8) is 0 Å². The van der Waals surface area contributed by atoms with Gasteiger partial charge >= 0.3 is 11.7 Å². The quantitative estimate of drug-likeness (QED) is 0.767. The molecule has 0 radical (unpaired) electrons. The lowest BCUT2D eigenvalue weighted by Crippen LogP contribution is -2.24. The summed E-state index contributed by atoms with van der Waals surface area (Å²) in [5.41, 5.74) is 4.31. The average Bonchev–Trinajstić information content (AvgIpc) is 2.67. The molecule has 0 saturated heterocycles. The van der Waals surface area contributed by atoms with E-state index < -0.39 is 11.1 Å². The Morgan fingerprint density at radius 2 is 2.05 bits per heavy atom. The Balaban J connectivity index is 2.28. The van der Waals surface area contributed by atoms with Crippen LogP contribution in [0.4, 0.5) is 5.95 Å². The maximum Gasteiger partial charge on any atom is 0.357 e. The minimum absolute atomic E-state index is 0.0392. The fourth-order valence-corrected chi connectivity index (χ4v) is 1.41. The van der Waals surface area contributed by atoms with Gasteiger partial charge in [-0.2, -0.15) is 9.97 Å². The summed E-state index contributed by atoms with van der Waals surface area (Å²) < 4.78 is 7.87. The number of hydrogen-bond acceptors (Lipinski definition) is 6. The summed E-state index contributed by atoms with van der Waals surface area (Å²) in [5, 5.41) is 0. The summed E-state index contributed by atoms with van der Waals surface area (Å²) in [6, 6.07) is 0. The van der Waals surface area contributed by atoms with Crippen LogP contribution in [0.15, 0.2) is 17.2 Å². The molecule has 2 heterocycles. The SMILES string of the molecule is CC(C)(C)C(=O)OCn1ccn2c(=O)nc(N)nc12. The highest BCUT2D eigenvalue weighted by Crippen LogP contribution is 2.15. The molecule has 19 heavy (non-hydrogen) atoms. The van der Waals surface area contributed by atoms with Crippen molar-refractivity contribution in [2.75, 3.05) is 5.73 Å². The van der Waals surface area contributed by atoms with Gasteiger partial charge in [0.25, 0.3) is 0 Å². The first-order chi connectivity index (χ1) is 8.79. The van der Waals surface area contributed by atoms with Crippen LogP contribution in [-0.4, -0.2) is 24.9 Å². The van der Waals surface area contributed by atoms with Gasteiger partial charge in [-0.15, -0.1) is 0 Å². The number of esters is 1. The van der Waals surface area contributed by atoms with Crippen LogP contribution < -0.4 is 11.4 Å². The molecule has 0 bridgehead atoms. The molecule has 2 aromatic heterocycles. The zero-order chi connectivity index (χ0) is 14.2. The molecule has 2 aromatic rings. The van der Waals surface area contributed by atoms with Gasteiger partial charge in [0, 0.05) is 12.4 Å². The van der Waals surface area contributed by atoms with E-state index in [0.717, 1.165) is 0 Å². The first-order valence-corrected chi connectivity index (χ1v) is 5.67. The number of carbonyl (C=O) groups excluding carboxylic acids is 1. The summed E-state index contributed by atoms with van der Waals surface area (Å²) >= 11 is 0. The number of aromatic nitrogens is 4. The van der Waals surface area contributed by atoms with E-state index in [9.17, 15) is 9.59 Å². The fraction of sp³-hybridized carbons (Fsp3) is 0.455. The molecule has 0 amide bonds. The summed E-state index contributed by atoms with van der Waals surface area (Å²) in [6.07, 6.45) is 3.06. The van der Waals surface area contributed by atoms with E-state index >= 15 is 0 Å². The van der Waals surface area contributed by atoms with E-state index in [1.54, 1.807) is 27.0 Å². The second-order valence-corrected chi connectivity index (χ2v) is 5.11. The number of rotatable bonds is 2. The summed E-state index contributed by atoms with van der Waals surface area (Å²) in [7, 11) is 0. The van der Waals surface area contributed by atoms with Crippen molar-refractivity contribution in [1.29, 1.82) is 0 Å². The number of carbonyl (C=O) groups is 1. The Morgan fingerprint density at radius 3 is 2.68 bits per heavy atom. The number of hydrogen-bond donors (Lipinski definition) is 1. The Bertz CT molecular complexity index is 680. The average molecular weight is 265 g/mol. The number of nitrogen functional groups attached to an aromatic ring is 1. The van der Waals surface area contributed by atoms with Crippen LogP contribution in [0.25, 0.3) is 5.78 Å². The molecule has 0 aromatic carbocycles. The van der Waals surface area contributed by atoms with E-state index in [1.807, 2.05) is 0 Å². The molecule has 2 N–H and O–H groups in total. The monoisotopic (exact) mass is 265 g/mol. The highest BCUT2D eigenvalue weighted by Gasteiger charge is 2.23. The highest BCUT2D eigenvalue weighted by molar-refractivity contribution is 5.75. The van der Waals surface area contributed by atoms with Crippen LogP contribution in [0, 0.1) is 5.41 Å². The number of nitrogens with zero attached hydrogens (tertiary/aromatic N) is 4. The van der Waals surface area contributed by atoms with E-state index in [2.05, 4.69) is 9.97 Å². The second kappa shape index (κ2) is 4.38. The number of ether oxygens (including phenoxy) is 1. The summed E-state index contributed by atoms with van der Waals surface area (Å²) in [6.45, 7) is 5.23. The molecule has 0 atom stereocenters. The molecule has 102 valence electrons. The van der Waals surface area contributed by atoms with Crippen LogP contribution in [0.5, 0.6) is 0 Å². The molecule has 0 aliphatic carbocycles. The van der Waals surface area contributed by atoms with Gasteiger partial charge in [0.2, 0.25) is 11.7 Å². The smallest absolute Gasteiger partial charge is 0.357 e. The van der Waals surface area contributed by atoms with Crippen molar-refractivity contribution in [3.8, 4) is 0 Å². The largest absolute Gasteiger partial charge is 0.443 e. The van der Waals surface area contributed by atoms with Crippen LogP contribution >= 0.6 is 0 Å². The van der Waals surface area contributed by atoms with Gasteiger partial charge in [-0.1, -0.05) is 0 Å². The molecular weight excluding hydrogens is 250 g/mol. The van der Waals surface area contributed by atoms with Crippen LogP contribution in [-0.2, 0) is 16.3 Å². The van der Waals surface area contributed by atoms with Gasteiger partial charge in [-0.3, -0.25) is 9.36 Å². The number of anilines is 1. The topological polar surface area (TPSA) is 105 Å². The molecule has 0 spiro atoms. The minimum Gasteiger partial charge on any atom is -0.443 e. The van der Waals surface area contributed by atoms with Crippen molar-refractivity contribution >= 4 is 17.7 Å². The standard InChI is InChI=1S/C11H15N5O3/c1-11(2,3)7(17)19-6-15-4-5-16-9(15)13-8(12)14-10(16)18/h4-5H,6H2,1-3H3,(H2,12,14,18). The zero-order valence-electron chi connectivity index (χ0n) is 11.0. The molecule has 8 heteroatoms. The molecule has 0 saturated carbocycles. The molecule has 8 nitrogen and oxygen atoms in total. The first kappa shape index (κ1) is 13.1. The third-order valence-electron chi connectivity index (χ3n) is 2.45. The van der Waals surface area contributed by atoms with E-state index in [0.29, 0.717) is 0 Å². The Labute approximate surface area is 108 Å². The fourth-order valence-electron chi connectivity index (χ4n) is 1.41. The zero-order valence-corrected chi connectivity index (χ0v) is 11.0. The van der Waals surface area contributed by atoms with Gasteiger partial charge in [0.15, 0.2) is 6.73 Å². The van der Waals surface area contributed by atoms with Gasteiger partial charge in [-0.05, 0) is 20.8 Å². The lowest BCUT2D eigenvalue weighted by molar-refractivity contribution is -0.156. The maximum absolute atomic E-state index is 11.7. The van der Waals surface area contributed by atoms with Crippen molar-refractivity contribution < 1.29 is 9.53 Å². The molecule has 0 aliphatic rings. The van der Waals surface area contributed by atoms with Gasteiger partial charge in [-0.25, -0.2) is 9.20 Å². The first-order valence-electron chi connectivity index (χ1n) is 5.67. The maximum atomic E-state index is 11.7. The lowest BCUT2D eigenvalue weighted by atomic mass is 9.98. The minimum atomic E-state index is -0.589. The third-order valence-corrected chi connectivity index (χ3v) is 2.45. The Hall–Kier alpha value is -2.38. The second-order valence-electron chi connectivity index (χ2n) is 5.11. The number of imidazole rings is 1. The van der Waals surface area contributed by atoms with Crippen LogP contribution in [0.2, 0.25) is 0 Å². The molecule has 0 fully saturated rings. The predicted molar refractivity (Wildman–Crippen MR) is 67.2 cm³/mol. The van der Waals surface area contributed by atoms with Crippen molar-refractivity contribution in [3.05, 3.63) is 22.9 Å². The van der Waals surface area contributed by atoms with Gasteiger partial charge in [0.05, 0.1) is 5.41 Å². The van der Waals surface area contributed by atoms with Gasteiger partial charge in [0.1, 0.15) is 0 Å². The predicted octanol–water partition coefficient (Wildman–Crippen LogP) is 0.0200. The van der Waals surface area contributed by atoms with Crippen molar-refractivity contribution in [2.24, 2.45) is 5.41 Å². The lowest BCUT2D eigenvalue weighted by Gasteiger charge is -2.16. The highest BCUT2D eigenvalue weighted by atomic mass is 16.5. The Kier molecular flexibility index (Phi) is 3.01. The molecule has 0 aliphatic heterocycles. The van der Waals surface area contributed by atoms with E-state index in [-0.39, 0.29) is 24.4 Å². The molecule has 0 unspecified atom stereocenters. The van der Waals surface area contributed by atoms with Crippen molar-refractivity contribution in [2.45, 2.75) is 27.5 Å². The summed E-state index contributed by atoms with van der Waals surface area (Å²) in [4.78, 5) is 30.6. The normalized spacial score (nSPS) is 11.7. The number of nitrogens with two attached hydrogens (primary N) is 1. The number of fused-ring (bicyclic) bond motifs is 1. The van der Waals surface area contributed by atoms with E-state index in [1.165, 1.54) is 15.2 Å². The third kappa shape index (κ3) is 2.56.